The van der Waals surface area contributed by atoms with Gasteiger partial charge in [0.1, 0.15) is 6.23 Å². The standard InChI is InChI=1S/C40H83NO2/c1-3-5-7-9-11-13-15-17-18-19-20-21-22-23-25-27-29-31-33-35-37-41-40(43)38-39(42)36-34-32-30-28-26-24-16-14-12-10-8-6-4-2/h39-43H,3-38H2,1-2H3. The number of unbranched alkanes of at least 4 members (excludes halogenated alkanes) is 31. The second-order valence-corrected chi connectivity index (χ2v) is 14.1. The van der Waals surface area contributed by atoms with Gasteiger partial charge in [-0.2, -0.15) is 0 Å². The molecule has 2 atom stereocenters. The van der Waals surface area contributed by atoms with Gasteiger partial charge in [0.25, 0.3) is 0 Å². The van der Waals surface area contributed by atoms with Crippen molar-refractivity contribution in [2.75, 3.05) is 6.54 Å². The molecule has 3 heteroatoms. The van der Waals surface area contributed by atoms with Gasteiger partial charge < -0.3 is 10.2 Å². The highest BCUT2D eigenvalue weighted by Gasteiger charge is 2.11. The van der Waals surface area contributed by atoms with Gasteiger partial charge in [0.2, 0.25) is 0 Å². The zero-order chi connectivity index (χ0) is 31.3. The van der Waals surface area contributed by atoms with E-state index in [1.54, 1.807) is 0 Å². The fraction of sp³-hybridized carbons (Fsp3) is 1.00. The van der Waals surface area contributed by atoms with Crippen molar-refractivity contribution in [1.82, 2.24) is 5.32 Å². The molecule has 3 N–H and O–H groups in total. The monoisotopic (exact) mass is 610 g/mol. The van der Waals surface area contributed by atoms with Gasteiger partial charge in [-0.15, -0.1) is 0 Å². The number of aliphatic hydroxyl groups excluding tert-OH is 2. The predicted octanol–water partition coefficient (Wildman–Crippen LogP) is 12.9. The summed E-state index contributed by atoms with van der Waals surface area (Å²) in [5, 5.41) is 23.7. The largest absolute Gasteiger partial charge is 0.393 e. The van der Waals surface area contributed by atoms with Crippen molar-refractivity contribution in [2.24, 2.45) is 0 Å². The predicted molar refractivity (Wildman–Crippen MR) is 193 cm³/mol. The summed E-state index contributed by atoms with van der Waals surface area (Å²) in [7, 11) is 0. The van der Waals surface area contributed by atoms with Gasteiger partial charge in [0, 0.05) is 6.42 Å². The minimum absolute atomic E-state index is 0.370. The van der Waals surface area contributed by atoms with Crippen LogP contribution in [0.2, 0.25) is 0 Å². The topological polar surface area (TPSA) is 52.5 Å². The van der Waals surface area contributed by atoms with Crippen LogP contribution in [0.1, 0.15) is 239 Å². The average molecular weight is 610 g/mol. The van der Waals surface area contributed by atoms with Crippen molar-refractivity contribution in [1.29, 1.82) is 0 Å². The van der Waals surface area contributed by atoms with E-state index < -0.39 is 6.23 Å². The first-order chi connectivity index (χ1) is 21.2. The maximum absolute atomic E-state index is 10.3. The van der Waals surface area contributed by atoms with Crippen LogP contribution < -0.4 is 5.32 Å². The van der Waals surface area contributed by atoms with Gasteiger partial charge in [-0.3, -0.25) is 5.32 Å². The third-order valence-electron chi connectivity index (χ3n) is 9.55. The van der Waals surface area contributed by atoms with E-state index in [9.17, 15) is 10.2 Å². The minimum atomic E-state index is -0.558. The quantitative estimate of drug-likeness (QED) is 0.0482. The zero-order valence-corrected chi connectivity index (χ0v) is 30.0. The number of aliphatic hydroxyl groups is 2. The normalized spacial score (nSPS) is 13.1. The van der Waals surface area contributed by atoms with Crippen molar-refractivity contribution < 1.29 is 10.2 Å². The van der Waals surface area contributed by atoms with Crippen LogP contribution in [0.3, 0.4) is 0 Å². The molecule has 0 fully saturated rings. The Labute approximate surface area is 272 Å². The lowest BCUT2D eigenvalue weighted by atomic mass is 10.0. The molecular formula is C40H83NO2. The lowest BCUT2D eigenvalue weighted by Crippen LogP contribution is -2.33. The molecular weight excluding hydrogens is 526 g/mol. The number of rotatable bonds is 38. The molecule has 0 saturated heterocycles. The summed E-state index contributed by atoms with van der Waals surface area (Å²) < 4.78 is 0. The average Bonchev–Trinajstić information content (AvgIpc) is 3.00. The molecule has 0 amide bonds. The second kappa shape index (κ2) is 38.1. The molecule has 0 aliphatic rings. The Kier molecular flexibility index (Phi) is 38.0. The van der Waals surface area contributed by atoms with Gasteiger partial charge in [0.15, 0.2) is 0 Å². The van der Waals surface area contributed by atoms with Crippen LogP contribution in [-0.4, -0.2) is 29.1 Å². The van der Waals surface area contributed by atoms with Crippen molar-refractivity contribution in [3.05, 3.63) is 0 Å². The maximum atomic E-state index is 10.3. The highest BCUT2D eigenvalue weighted by molar-refractivity contribution is 4.63. The Morgan fingerprint density at radius 3 is 0.907 bits per heavy atom. The lowest BCUT2D eigenvalue weighted by Gasteiger charge is -2.17. The highest BCUT2D eigenvalue weighted by atomic mass is 16.3. The Morgan fingerprint density at radius 1 is 0.349 bits per heavy atom. The van der Waals surface area contributed by atoms with Crippen LogP contribution in [0.25, 0.3) is 0 Å². The summed E-state index contributed by atoms with van der Waals surface area (Å²) in [6.07, 6.45) is 46.0. The fourth-order valence-electron chi connectivity index (χ4n) is 6.51. The van der Waals surface area contributed by atoms with Gasteiger partial charge in [-0.05, 0) is 19.4 Å². The van der Waals surface area contributed by atoms with Crippen molar-refractivity contribution >= 4 is 0 Å². The van der Waals surface area contributed by atoms with E-state index in [4.69, 9.17) is 0 Å². The Balaban J connectivity index is 3.24. The molecule has 0 saturated carbocycles. The Hall–Kier alpha value is -0.120. The second-order valence-electron chi connectivity index (χ2n) is 14.1. The number of hydrogen-bond acceptors (Lipinski definition) is 3. The molecule has 0 rings (SSSR count). The number of nitrogens with one attached hydrogen (secondary N) is 1. The Morgan fingerprint density at radius 2 is 0.605 bits per heavy atom. The molecule has 0 bridgehead atoms. The van der Waals surface area contributed by atoms with E-state index in [2.05, 4.69) is 19.2 Å². The Bertz CT molecular complexity index is 485. The summed E-state index contributed by atoms with van der Waals surface area (Å²) in [6, 6.07) is 0. The van der Waals surface area contributed by atoms with E-state index in [0.29, 0.717) is 6.42 Å². The molecule has 260 valence electrons. The van der Waals surface area contributed by atoms with E-state index in [1.165, 1.54) is 199 Å². The van der Waals surface area contributed by atoms with Crippen molar-refractivity contribution in [2.45, 2.75) is 251 Å². The molecule has 0 aliphatic heterocycles. The highest BCUT2D eigenvalue weighted by Crippen LogP contribution is 2.16. The van der Waals surface area contributed by atoms with Gasteiger partial charge >= 0.3 is 0 Å². The van der Waals surface area contributed by atoms with E-state index in [0.717, 1.165) is 25.8 Å². The first kappa shape index (κ1) is 42.9. The molecule has 0 aromatic heterocycles. The van der Waals surface area contributed by atoms with Crippen LogP contribution in [0.5, 0.6) is 0 Å². The van der Waals surface area contributed by atoms with Gasteiger partial charge in [-0.1, -0.05) is 219 Å². The molecule has 0 aromatic rings. The van der Waals surface area contributed by atoms with Crippen LogP contribution in [0, 0.1) is 0 Å². The van der Waals surface area contributed by atoms with Crippen LogP contribution >= 0.6 is 0 Å². The molecule has 0 aliphatic carbocycles. The third-order valence-corrected chi connectivity index (χ3v) is 9.55. The first-order valence-electron chi connectivity index (χ1n) is 20.3. The molecule has 2 unspecified atom stereocenters. The maximum Gasteiger partial charge on any atom is 0.107 e. The van der Waals surface area contributed by atoms with Crippen LogP contribution in [0.4, 0.5) is 0 Å². The van der Waals surface area contributed by atoms with E-state index in [-0.39, 0.29) is 6.10 Å². The zero-order valence-electron chi connectivity index (χ0n) is 30.0. The molecule has 0 spiro atoms. The molecule has 0 heterocycles. The van der Waals surface area contributed by atoms with Crippen LogP contribution in [0.15, 0.2) is 0 Å². The smallest absolute Gasteiger partial charge is 0.107 e. The van der Waals surface area contributed by atoms with Gasteiger partial charge in [0.05, 0.1) is 6.10 Å². The molecule has 0 aromatic carbocycles. The van der Waals surface area contributed by atoms with Gasteiger partial charge in [-0.25, -0.2) is 0 Å². The molecule has 3 nitrogen and oxygen atoms in total. The van der Waals surface area contributed by atoms with E-state index in [1.807, 2.05) is 0 Å². The summed E-state index contributed by atoms with van der Waals surface area (Å²) in [5.41, 5.74) is 0. The van der Waals surface area contributed by atoms with E-state index >= 15 is 0 Å². The summed E-state index contributed by atoms with van der Waals surface area (Å²) >= 11 is 0. The van der Waals surface area contributed by atoms with Crippen LogP contribution in [-0.2, 0) is 0 Å². The summed E-state index contributed by atoms with van der Waals surface area (Å²) in [6.45, 7) is 5.45. The SMILES string of the molecule is CCCCCCCCCCCCCCCCCCCCCCNC(O)CC(O)CCCCCCCCCCCCCCC. The third kappa shape index (κ3) is 38.0. The summed E-state index contributed by atoms with van der Waals surface area (Å²) in [5.74, 6) is 0. The summed E-state index contributed by atoms with van der Waals surface area (Å²) in [4.78, 5) is 0. The van der Waals surface area contributed by atoms with Crippen molar-refractivity contribution in [3.8, 4) is 0 Å². The first-order valence-corrected chi connectivity index (χ1v) is 20.3. The fourth-order valence-corrected chi connectivity index (χ4v) is 6.51. The number of hydrogen-bond donors (Lipinski definition) is 3. The van der Waals surface area contributed by atoms with Crippen molar-refractivity contribution in [3.63, 3.8) is 0 Å². The molecule has 0 radical (unpaired) electrons. The lowest BCUT2D eigenvalue weighted by molar-refractivity contribution is 0.0551. The molecule has 43 heavy (non-hydrogen) atoms. The minimum Gasteiger partial charge on any atom is -0.393 e.